The van der Waals surface area contributed by atoms with E-state index in [1.807, 2.05) is 0 Å². The van der Waals surface area contributed by atoms with Gasteiger partial charge in [0, 0.05) is 24.3 Å². The molecule has 4 rings (SSSR count). The van der Waals surface area contributed by atoms with Crippen LogP contribution in [0.5, 0.6) is 0 Å². The molecule has 0 bridgehead atoms. The Hall–Kier alpha value is -4.20. The van der Waals surface area contributed by atoms with Gasteiger partial charge in [-0.2, -0.15) is 10.2 Å². The fraction of sp³-hybridized carbons (Fsp3) is 0. The van der Waals surface area contributed by atoms with Crippen LogP contribution in [0.4, 0.5) is 22.7 Å². The van der Waals surface area contributed by atoms with Crippen molar-refractivity contribution >= 4 is 46.4 Å². The van der Waals surface area contributed by atoms with E-state index in [4.69, 9.17) is 0 Å². The molecule has 28 heavy (non-hydrogen) atoms. The first kappa shape index (κ1) is 17.2. The Morgan fingerprint density at radius 1 is 0.464 bits per heavy atom. The average Bonchev–Trinajstić information content (AvgIpc) is 3.22. The summed E-state index contributed by atoms with van der Waals surface area (Å²) >= 11 is 0. The van der Waals surface area contributed by atoms with Gasteiger partial charge in [-0.25, -0.2) is 9.80 Å². The van der Waals surface area contributed by atoms with Crippen molar-refractivity contribution in [3.05, 3.63) is 72.8 Å². The van der Waals surface area contributed by atoms with Crippen LogP contribution in [0, 0.1) is 0 Å². The number of carbonyl (C=O) groups is 4. The van der Waals surface area contributed by atoms with E-state index in [1.165, 1.54) is 24.3 Å². The number of azo groups is 1. The second-order valence-electron chi connectivity index (χ2n) is 5.92. The fourth-order valence-electron chi connectivity index (χ4n) is 2.76. The van der Waals surface area contributed by atoms with Gasteiger partial charge in [0.2, 0.25) is 0 Å². The lowest BCUT2D eigenvalue weighted by Crippen LogP contribution is -2.29. The molecular formula is C20H12N4O4. The van der Waals surface area contributed by atoms with Crippen LogP contribution in [0.25, 0.3) is 0 Å². The summed E-state index contributed by atoms with van der Waals surface area (Å²) in [5.41, 5.74) is 1.98. The minimum absolute atomic E-state index is 0.385. The van der Waals surface area contributed by atoms with Crippen LogP contribution >= 0.6 is 0 Å². The summed E-state index contributed by atoms with van der Waals surface area (Å²) in [6.07, 6.45) is 4.88. The maximum atomic E-state index is 11.7. The Labute approximate surface area is 159 Å². The molecule has 0 spiro atoms. The first-order chi connectivity index (χ1) is 13.5. The van der Waals surface area contributed by atoms with Crippen molar-refractivity contribution in [2.24, 2.45) is 10.2 Å². The second kappa shape index (κ2) is 6.84. The van der Waals surface area contributed by atoms with Gasteiger partial charge in [0.15, 0.2) is 0 Å². The monoisotopic (exact) mass is 372 g/mol. The van der Waals surface area contributed by atoms with Gasteiger partial charge >= 0.3 is 0 Å². The standard InChI is InChI=1S/C20H12N4O4/c25-17-9-10-18(26)23(17)15-5-1-13(2-6-15)21-22-14-3-7-16(8-4-14)24-19(27)11-12-20(24)28/h1-12H. The molecule has 0 atom stereocenters. The smallest absolute Gasteiger partial charge is 0.258 e. The average molecular weight is 372 g/mol. The van der Waals surface area contributed by atoms with E-state index < -0.39 is 0 Å². The van der Waals surface area contributed by atoms with Crippen LogP contribution in [-0.4, -0.2) is 23.6 Å². The molecule has 2 aliphatic heterocycles. The highest BCUT2D eigenvalue weighted by Gasteiger charge is 2.25. The van der Waals surface area contributed by atoms with Gasteiger partial charge in [-0.05, 0) is 48.5 Å². The maximum Gasteiger partial charge on any atom is 0.258 e. The van der Waals surface area contributed by atoms with E-state index in [-0.39, 0.29) is 23.6 Å². The quantitative estimate of drug-likeness (QED) is 0.608. The van der Waals surface area contributed by atoms with Crippen LogP contribution in [0.2, 0.25) is 0 Å². The zero-order chi connectivity index (χ0) is 19.7. The summed E-state index contributed by atoms with van der Waals surface area (Å²) in [4.78, 5) is 48.8. The molecule has 0 saturated carbocycles. The summed E-state index contributed by atoms with van der Waals surface area (Å²) in [6, 6.07) is 13.0. The predicted molar refractivity (Wildman–Crippen MR) is 100 cm³/mol. The number of hydrogen-bond acceptors (Lipinski definition) is 6. The molecule has 2 heterocycles. The Morgan fingerprint density at radius 2 is 0.750 bits per heavy atom. The van der Waals surface area contributed by atoms with Crippen LogP contribution in [0.1, 0.15) is 0 Å². The first-order valence-electron chi connectivity index (χ1n) is 8.27. The number of nitrogens with zero attached hydrogens (tertiary/aromatic N) is 4. The van der Waals surface area contributed by atoms with Gasteiger partial charge in [0.25, 0.3) is 23.6 Å². The number of anilines is 2. The molecule has 0 radical (unpaired) electrons. The molecule has 2 aliphatic rings. The summed E-state index contributed by atoms with van der Waals surface area (Å²) < 4.78 is 0. The predicted octanol–water partition coefficient (Wildman–Crippen LogP) is 2.96. The van der Waals surface area contributed by atoms with Gasteiger partial charge in [-0.3, -0.25) is 19.2 Å². The van der Waals surface area contributed by atoms with Crippen LogP contribution in [0.15, 0.2) is 83.1 Å². The minimum atomic E-state index is -0.385. The molecule has 0 aromatic heterocycles. The van der Waals surface area contributed by atoms with E-state index >= 15 is 0 Å². The lowest BCUT2D eigenvalue weighted by atomic mass is 10.2. The van der Waals surface area contributed by atoms with E-state index in [2.05, 4.69) is 10.2 Å². The van der Waals surface area contributed by atoms with Crippen molar-refractivity contribution in [1.82, 2.24) is 0 Å². The van der Waals surface area contributed by atoms with Crippen molar-refractivity contribution in [2.45, 2.75) is 0 Å². The van der Waals surface area contributed by atoms with E-state index in [1.54, 1.807) is 48.5 Å². The van der Waals surface area contributed by atoms with Crippen LogP contribution in [0.3, 0.4) is 0 Å². The third kappa shape index (κ3) is 3.14. The molecule has 8 heteroatoms. The lowest BCUT2D eigenvalue weighted by Gasteiger charge is -2.13. The molecule has 0 fully saturated rings. The normalized spacial score (nSPS) is 16.3. The van der Waals surface area contributed by atoms with Gasteiger partial charge in [-0.1, -0.05) is 0 Å². The zero-order valence-corrected chi connectivity index (χ0v) is 14.4. The number of carbonyl (C=O) groups excluding carboxylic acids is 4. The number of benzene rings is 2. The Bertz CT molecular complexity index is 959. The van der Waals surface area contributed by atoms with Gasteiger partial charge in [0.05, 0.1) is 22.7 Å². The molecule has 4 amide bonds. The zero-order valence-electron chi connectivity index (χ0n) is 14.4. The van der Waals surface area contributed by atoms with Crippen LogP contribution in [-0.2, 0) is 19.2 Å². The third-order valence-corrected chi connectivity index (χ3v) is 4.12. The molecule has 2 aromatic rings. The lowest BCUT2D eigenvalue weighted by molar-refractivity contribution is -0.121. The molecule has 8 nitrogen and oxygen atoms in total. The molecule has 136 valence electrons. The van der Waals surface area contributed by atoms with E-state index in [0.717, 1.165) is 9.80 Å². The van der Waals surface area contributed by atoms with Crippen molar-refractivity contribution < 1.29 is 19.2 Å². The SMILES string of the molecule is O=C1C=CC(=O)N1c1ccc(N=Nc2ccc(N3C(=O)C=CC3=O)cc2)cc1. The fourth-order valence-corrected chi connectivity index (χ4v) is 2.76. The summed E-state index contributed by atoms with van der Waals surface area (Å²) in [5.74, 6) is -1.54. The van der Waals surface area contributed by atoms with Gasteiger partial charge in [0.1, 0.15) is 0 Å². The highest BCUT2D eigenvalue weighted by molar-refractivity contribution is 6.28. The Balaban J connectivity index is 1.46. The number of amides is 4. The second-order valence-corrected chi connectivity index (χ2v) is 5.92. The Kier molecular flexibility index (Phi) is 4.21. The number of hydrogen-bond donors (Lipinski definition) is 0. The summed E-state index contributed by atoms with van der Waals surface area (Å²) in [6.45, 7) is 0. The summed E-state index contributed by atoms with van der Waals surface area (Å²) in [5, 5.41) is 8.20. The highest BCUT2D eigenvalue weighted by atomic mass is 16.2. The largest absolute Gasteiger partial charge is 0.269 e. The summed E-state index contributed by atoms with van der Waals surface area (Å²) in [7, 11) is 0. The van der Waals surface area contributed by atoms with Crippen LogP contribution < -0.4 is 9.80 Å². The molecule has 2 aromatic carbocycles. The molecule has 0 unspecified atom stereocenters. The van der Waals surface area contributed by atoms with Gasteiger partial charge in [-0.15, -0.1) is 0 Å². The Morgan fingerprint density at radius 3 is 1.04 bits per heavy atom. The first-order valence-corrected chi connectivity index (χ1v) is 8.27. The van der Waals surface area contributed by atoms with Crippen molar-refractivity contribution in [2.75, 3.05) is 9.80 Å². The van der Waals surface area contributed by atoms with E-state index in [0.29, 0.717) is 22.7 Å². The molecular weight excluding hydrogens is 360 g/mol. The minimum Gasteiger partial charge on any atom is -0.269 e. The number of rotatable bonds is 4. The topological polar surface area (TPSA) is 99.5 Å². The maximum absolute atomic E-state index is 11.7. The molecule has 0 N–H and O–H groups in total. The highest BCUT2D eigenvalue weighted by Crippen LogP contribution is 2.26. The van der Waals surface area contributed by atoms with Crippen molar-refractivity contribution in [1.29, 1.82) is 0 Å². The molecule has 0 aliphatic carbocycles. The molecule has 0 saturated heterocycles. The third-order valence-electron chi connectivity index (χ3n) is 4.12. The van der Waals surface area contributed by atoms with Crippen molar-refractivity contribution in [3.63, 3.8) is 0 Å². The van der Waals surface area contributed by atoms with Gasteiger partial charge < -0.3 is 0 Å². The van der Waals surface area contributed by atoms with Crippen molar-refractivity contribution in [3.8, 4) is 0 Å². The number of imide groups is 2. The van der Waals surface area contributed by atoms with E-state index in [9.17, 15) is 19.2 Å².